The number of halogens is 6. The molecule has 0 saturated carbocycles. The van der Waals surface area contributed by atoms with Crippen LogP contribution in [0.3, 0.4) is 0 Å². The number of hydrogen-bond acceptors (Lipinski definition) is 2. The van der Waals surface area contributed by atoms with Gasteiger partial charge in [-0.05, 0) is 70.5 Å². The first-order valence-corrected chi connectivity index (χ1v) is 15.6. The van der Waals surface area contributed by atoms with Crippen molar-refractivity contribution < 1.29 is 23.0 Å². The van der Waals surface area contributed by atoms with E-state index in [9.17, 15) is 17.6 Å². The first kappa shape index (κ1) is 41.2. The van der Waals surface area contributed by atoms with Gasteiger partial charge in [0.15, 0.2) is 23.3 Å². The minimum absolute atomic E-state index is 0. The average Bonchev–Trinajstić information content (AvgIpc) is 3.08. The summed E-state index contributed by atoms with van der Waals surface area (Å²) in [7, 11) is 0. The Kier molecular flexibility index (Phi) is 17.8. The molecule has 0 atom stereocenters. The zero-order valence-corrected chi connectivity index (χ0v) is 28.7. The van der Waals surface area contributed by atoms with Crippen LogP contribution in [0.4, 0.5) is 17.6 Å². The third kappa shape index (κ3) is 13.4. The normalized spacial score (nSPS) is 14.9. The molecule has 0 bridgehead atoms. The molecule has 6 rings (SSSR count). The summed E-state index contributed by atoms with van der Waals surface area (Å²) in [6.45, 7) is 5.74. The van der Waals surface area contributed by atoms with E-state index in [0.717, 1.165) is 64.2 Å². The zero-order chi connectivity index (χ0) is 32.1. The highest BCUT2D eigenvalue weighted by atomic mass is 35.5. The Hall–Kier alpha value is -3.98. The molecule has 4 aromatic rings. The second kappa shape index (κ2) is 21.2. The highest BCUT2D eigenvalue weighted by molar-refractivity contribution is 5.85. The third-order valence-corrected chi connectivity index (χ3v) is 8.02. The molecule has 49 heavy (non-hydrogen) atoms. The summed E-state index contributed by atoms with van der Waals surface area (Å²) in [5.74, 6) is -3.23. The molecule has 0 radical (unpaired) electrons. The number of rotatable bonds is 8. The Morgan fingerprint density at radius 1 is 0.490 bits per heavy atom. The Morgan fingerprint density at radius 2 is 0.878 bits per heavy atom. The van der Waals surface area contributed by atoms with E-state index < -0.39 is 23.3 Å². The van der Waals surface area contributed by atoms with E-state index in [-0.39, 0.29) is 30.3 Å². The molecule has 0 aliphatic carbocycles. The lowest BCUT2D eigenvalue weighted by Crippen LogP contribution is -2.27. The fourth-order valence-electron chi connectivity index (χ4n) is 5.37. The first-order valence-electron chi connectivity index (χ1n) is 15.6. The molecule has 2 aliphatic rings. The largest absolute Gasteiger partial charge is 0.412 e. The molecule has 0 saturated heterocycles. The summed E-state index contributed by atoms with van der Waals surface area (Å²) in [5, 5.41) is 0. The van der Waals surface area contributed by atoms with Crippen LogP contribution in [0.25, 0.3) is 12.2 Å². The minimum atomic E-state index is -0.810. The lowest BCUT2D eigenvalue weighted by Gasteiger charge is -2.25. The van der Waals surface area contributed by atoms with Crippen LogP contribution in [0.1, 0.15) is 35.1 Å². The standard InChI is InChI=1S/2C20H19F2N.2ClH.H2O/c2*21-19-9-8-17(14-20(19)22)7-6-16-10-12-23(13-11-16)15-18-4-2-1-3-5-18;;;/h2*1-10,14H,11-13,15H2;2*1H;1H2. The van der Waals surface area contributed by atoms with E-state index in [1.165, 1.54) is 34.4 Å². The van der Waals surface area contributed by atoms with Gasteiger partial charge in [0, 0.05) is 39.3 Å². The second-order valence-electron chi connectivity index (χ2n) is 11.5. The smallest absolute Gasteiger partial charge is 0.159 e. The predicted octanol–water partition coefficient (Wildman–Crippen LogP) is 9.64. The quantitative estimate of drug-likeness (QED) is 0.171. The lowest BCUT2D eigenvalue weighted by molar-refractivity contribution is 0.287. The summed E-state index contributed by atoms with van der Waals surface area (Å²) < 4.78 is 52.1. The lowest BCUT2D eigenvalue weighted by atomic mass is 10.1. The molecule has 0 spiro atoms. The summed E-state index contributed by atoms with van der Waals surface area (Å²) >= 11 is 0. The van der Waals surface area contributed by atoms with Crippen LogP contribution >= 0.6 is 24.8 Å². The molecule has 2 N–H and O–H groups in total. The van der Waals surface area contributed by atoms with Crippen LogP contribution in [0, 0.1) is 23.3 Å². The Balaban J connectivity index is 0.000000321. The molecule has 3 nitrogen and oxygen atoms in total. The van der Waals surface area contributed by atoms with Crippen LogP contribution in [0.5, 0.6) is 0 Å². The van der Waals surface area contributed by atoms with Crippen LogP contribution in [0.15, 0.2) is 133 Å². The predicted molar refractivity (Wildman–Crippen MR) is 198 cm³/mol. The highest BCUT2D eigenvalue weighted by Gasteiger charge is 2.12. The SMILES string of the molecule is Cl.Cl.Fc1ccc(C=CC2=CCN(Cc3ccccc3)CC2)cc1F.Fc1ccc(C=CC2=CCN(Cc3ccccc3)CC2)cc1F.O. The van der Waals surface area contributed by atoms with Crippen LogP contribution in [-0.4, -0.2) is 41.5 Å². The van der Waals surface area contributed by atoms with E-state index in [2.05, 4.69) is 70.5 Å². The fraction of sp³-hybridized carbons (Fsp3) is 0.200. The molecule has 0 fully saturated rings. The van der Waals surface area contributed by atoms with Crippen molar-refractivity contribution in [3.05, 3.63) is 178 Å². The van der Waals surface area contributed by atoms with Crippen molar-refractivity contribution in [2.75, 3.05) is 26.2 Å². The number of hydrogen-bond donors (Lipinski definition) is 0. The molecule has 2 heterocycles. The zero-order valence-electron chi connectivity index (χ0n) is 27.1. The molecule has 9 heteroatoms. The number of allylic oxidation sites excluding steroid dienone is 2. The number of benzene rings is 4. The maximum atomic E-state index is 13.2. The van der Waals surface area contributed by atoms with Crippen molar-refractivity contribution in [2.24, 2.45) is 0 Å². The average molecular weight is 714 g/mol. The molecule has 0 unspecified atom stereocenters. The van der Waals surface area contributed by atoms with Gasteiger partial charge in [-0.3, -0.25) is 9.80 Å². The van der Waals surface area contributed by atoms with Crippen molar-refractivity contribution >= 4 is 37.0 Å². The van der Waals surface area contributed by atoms with E-state index >= 15 is 0 Å². The van der Waals surface area contributed by atoms with Gasteiger partial charge >= 0.3 is 0 Å². The first-order chi connectivity index (χ1) is 22.4. The van der Waals surface area contributed by atoms with Gasteiger partial charge in [-0.1, -0.05) is 109 Å². The van der Waals surface area contributed by atoms with Gasteiger partial charge in [-0.25, -0.2) is 17.6 Å². The maximum absolute atomic E-state index is 13.2. The summed E-state index contributed by atoms with van der Waals surface area (Å²) in [4.78, 5) is 4.79. The molecule has 2 aliphatic heterocycles. The highest BCUT2D eigenvalue weighted by Crippen LogP contribution is 2.19. The monoisotopic (exact) mass is 712 g/mol. The van der Waals surface area contributed by atoms with Gasteiger partial charge in [0.25, 0.3) is 0 Å². The topological polar surface area (TPSA) is 38.0 Å². The van der Waals surface area contributed by atoms with E-state index in [4.69, 9.17) is 0 Å². The van der Waals surface area contributed by atoms with Crippen LogP contribution in [-0.2, 0) is 13.1 Å². The fourth-order valence-corrected chi connectivity index (χ4v) is 5.37. The van der Waals surface area contributed by atoms with Gasteiger partial charge in [-0.2, -0.15) is 0 Å². The molecule has 4 aromatic carbocycles. The summed E-state index contributed by atoms with van der Waals surface area (Å²) in [6, 6.07) is 28.8. The molecular formula is C40H42Cl2F4N2O. The molecule has 0 amide bonds. The van der Waals surface area contributed by atoms with E-state index in [1.54, 1.807) is 12.1 Å². The molecular weight excluding hydrogens is 671 g/mol. The van der Waals surface area contributed by atoms with Gasteiger partial charge < -0.3 is 5.48 Å². The van der Waals surface area contributed by atoms with Crippen molar-refractivity contribution in [1.82, 2.24) is 9.80 Å². The maximum Gasteiger partial charge on any atom is 0.159 e. The van der Waals surface area contributed by atoms with Crippen molar-refractivity contribution in [1.29, 1.82) is 0 Å². The van der Waals surface area contributed by atoms with Crippen molar-refractivity contribution in [3.8, 4) is 0 Å². The van der Waals surface area contributed by atoms with Crippen LogP contribution < -0.4 is 0 Å². The Morgan fingerprint density at radius 3 is 1.20 bits per heavy atom. The molecule has 0 aromatic heterocycles. The Labute approximate surface area is 299 Å². The number of nitrogens with zero attached hydrogens (tertiary/aromatic N) is 2. The minimum Gasteiger partial charge on any atom is -0.412 e. The van der Waals surface area contributed by atoms with E-state index in [0.29, 0.717) is 11.1 Å². The summed E-state index contributed by atoms with van der Waals surface area (Å²) in [6.07, 6.45) is 14.0. The van der Waals surface area contributed by atoms with Gasteiger partial charge in [-0.15, -0.1) is 24.8 Å². The van der Waals surface area contributed by atoms with Crippen LogP contribution in [0.2, 0.25) is 0 Å². The van der Waals surface area contributed by atoms with E-state index in [1.807, 2.05) is 36.4 Å². The van der Waals surface area contributed by atoms with Gasteiger partial charge in [0.05, 0.1) is 0 Å². The van der Waals surface area contributed by atoms with Crippen molar-refractivity contribution in [2.45, 2.75) is 25.9 Å². The molecule has 260 valence electrons. The third-order valence-electron chi connectivity index (χ3n) is 8.02. The summed E-state index contributed by atoms with van der Waals surface area (Å²) in [5.41, 5.74) is 6.47. The second-order valence-corrected chi connectivity index (χ2v) is 11.5. The van der Waals surface area contributed by atoms with Crippen molar-refractivity contribution in [3.63, 3.8) is 0 Å². The van der Waals surface area contributed by atoms with Gasteiger partial charge in [0.1, 0.15) is 0 Å². The van der Waals surface area contributed by atoms with Gasteiger partial charge in [0.2, 0.25) is 0 Å². The Bertz CT molecular complexity index is 1590.